The van der Waals surface area contributed by atoms with Gasteiger partial charge in [-0.05, 0) is 13.0 Å². The maximum absolute atomic E-state index is 13.7. The predicted octanol–water partition coefficient (Wildman–Crippen LogP) is 1.28. The van der Waals surface area contributed by atoms with Crippen LogP contribution in [0.1, 0.15) is 17.3 Å². The fraction of sp³-hybridized carbons (Fsp3) is 0.385. The molecular formula is C13H16FN3O4. The smallest absolute Gasteiger partial charge is 0.270 e. The lowest BCUT2D eigenvalue weighted by Crippen LogP contribution is -2.40. The van der Waals surface area contributed by atoms with E-state index in [4.69, 9.17) is 0 Å². The van der Waals surface area contributed by atoms with Crippen LogP contribution < -0.4 is 0 Å². The molecule has 0 aromatic heterocycles. The first-order valence-corrected chi connectivity index (χ1v) is 6.21. The number of non-ortho nitro benzene ring substituents is 1. The van der Waals surface area contributed by atoms with Gasteiger partial charge in [0.2, 0.25) is 5.91 Å². The Hall–Kier alpha value is -2.51. The van der Waals surface area contributed by atoms with Gasteiger partial charge in [0, 0.05) is 32.8 Å². The molecule has 0 aliphatic heterocycles. The van der Waals surface area contributed by atoms with Crippen LogP contribution in [-0.4, -0.2) is 53.7 Å². The van der Waals surface area contributed by atoms with E-state index in [2.05, 4.69) is 0 Å². The molecule has 1 aromatic rings. The summed E-state index contributed by atoms with van der Waals surface area (Å²) in [5.41, 5.74) is -0.799. The maximum atomic E-state index is 13.7. The van der Waals surface area contributed by atoms with Crippen molar-refractivity contribution in [2.24, 2.45) is 0 Å². The standard InChI is InChI=1S/C13H16FN3O4/c1-4-16(8-12(18)15(2)3)13(19)10-7-9(17(20)21)5-6-11(10)14/h5-7H,4,8H2,1-3H3. The molecule has 0 heterocycles. The number of carbonyl (C=O) groups excluding carboxylic acids is 2. The van der Waals surface area contributed by atoms with Crippen molar-refractivity contribution in [3.8, 4) is 0 Å². The van der Waals surface area contributed by atoms with Gasteiger partial charge in [-0.1, -0.05) is 0 Å². The molecule has 0 aliphatic rings. The van der Waals surface area contributed by atoms with Crippen molar-refractivity contribution in [1.82, 2.24) is 9.80 Å². The minimum absolute atomic E-state index is 0.181. The first kappa shape index (κ1) is 16.5. The van der Waals surface area contributed by atoms with E-state index in [0.717, 1.165) is 23.1 Å². The first-order valence-electron chi connectivity index (χ1n) is 6.21. The number of likely N-dealkylation sites (N-methyl/N-ethyl adjacent to an activating group) is 2. The Kier molecular flexibility index (Phi) is 5.34. The van der Waals surface area contributed by atoms with Crippen molar-refractivity contribution in [3.63, 3.8) is 0 Å². The molecule has 8 heteroatoms. The van der Waals surface area contributed by atoms with E-state index in [0.29, 0.717) is 0 Å². The minimum atomic E-state index is -0.860. The number of amides is 2. The summed E-state index contributed by atoms with van der Waals surface area (Å²) in [6.45, 7) is 1.60. The molecule has 0 N–H and O–H groups in total. The van der Waals surface area contributed by atoms with Crippen LogP contribution in [0.5, 0.6) is 0 Å². The molecule has 0 aliphatic carbocycles. The number of nitro groups is 1. The maximum Gasteiger partial charge on any atom is 0.270 e. The van der Waals surface area contributed by atoms with Crippen molar-refractivity contribution in [2.45, 2.75) is 6.92 Å². The third-order valence-corrected chi connectivity index (χ3v) is 2.89. The van der Waals surface area contributed by atoms with Gasteiger partial charge < -0.3 is 9.80 Å². The van der Waals surface area contributed by atoms with Crippen LogP contribution >= 0.6 is 0 Å². The van der Waals surface area contributed by atoms with Crippen molar-refractivity contribution in [2.75, 3.05) is 27.2 Å². The largest absolute Gasteiger partial charge is 0.347 e. The second-order valence-electron chi connectivity index (χ2n) is 4.53. The van der Waals surface area contributed by atoms with Crippen LogP contribution in [0.3, 0.4) is 0 Å². The second-order valence-corrected chi connectivity index (χ2v) is 4.53. The zero-order valence-corrected chi connectivity index (χ0v) is 12.0. The van der Waals surface area contributed by atoms with E-state index in [1.807, 2.05) is 0 Å². The minimum Gasteiger partial charge on any atom is -0.347 e. The highest BCUT2D eigenvalue weighted by atomic mass is 19.1. The zero-order valence-electron chi connectivity index (χ0n) is 12.0. The van der Waals surface area contributed by atoms with Crippen LogP contribution in [-0.2, 0) is 4.79 Å². The Bertz CT molecular complexity index is 575. The number of benzene rings is 1. The van der Waals surface area contributed by atoms with Crippen molar-refractivity contribution >= 4 is 17.5 Å². The van der Waals surface area contributed by atoms with Crippen molar-refractivity contribution < 1.29 is 18.9 Å². The van der Waals surface area contributed by atoms with Crippen LogP contribution in [0.2, 0.25) is 0 Å². The summed E-state index contributed by atoms with van der Waals surface area (Å²) in [4.78, 5) is 36.3. The highest BCUT2D eigenvalue weighted by Crippen LogP contribution is 2.18. The topological polar surface area (TPSA) is 83.8 Å². The summed E-state index contributed by atoms with van der Waals surface area (Å²) in [5.74, 6) is -1.94. The quantitative estimate of drug-likeness (QED) is 0.605. The number of hydrogen-bond acceptors (Lipinski definition) is 4. The average Bonchev–Trinajstić information content (AvgIpc) is 2.43. The van der Waals surface area contributed by atoms with E-state index in [1.165, 1.54) is 19.0 Å². The Morgan fingerprint density at radius 1 is 1.33 bits per heavy atom. The van der Waals surface area contributed by atoms with Gasteiger partial charge >= 0.3 is 0 Å². The highest BCUT2D eigenvalue weighted by Gasteiger charge is 2.23. The Balaban J connectivity index is 3.07. The van der Waals surface area contributed by atoms with Crippen LogP contribution in [0.25, 0.3) is 0 Å². The second kappa shape index (κ2) is 6.78. The lowest BCUT2D eigenvalue weighted by Gasteiger charge is -2.22. The molecule has 0 saturated carbocycles. The van der Waals surface area contributed by atoms with Gasteiger partial charge in [0.25, 0.3) is 11.6 Å². The third kappa shape index (κ3) is 3.98. The van der Waals surface area contributed by atoms with Gasteiger partial charge in [0.05, 0.1) is 17.0 Å². The zero-order chi connectivity index (χ0) is 16.2. The summed E-state index contributed by atoms with van der Waals surface area (Å²) in [5, 5.41) is 10.7. The third-order valence-electron chi connectivity index (χ3n) is 2.89. The van der Waals surface area contributed by atoms with E-state index in [9.17, 15) is 24.1 Å². The fourth-order valence-electron chi connectivity index (χ4n) is 1.59. The number of halogens is 1. The van der Waals surface area contributed by atoms with Crippen LogP contribution in [0, 0.1) is 15.9 Å². The van der Waals surface area contributed by atoms with Crippen LogP contribution in [0.15, 0.2) is 18.2 Å². The number of hydrogen-bond donors (Lipinski definition) is 0. The van der Waals surface area contributed by atoms with Crippen molar-refractivity contribution in [3.05, 3.63) is 39.7 Å². The lowest BCUT2D eigenvalue weighted by atomic mass is 10.1. The van der Waals surface area contributed by atoms with Gasteiger partial charge in [-0.25, -0.2) is 4.39 Å². The van der Waals surface area contributed by atoms with E-state index in [1.54, 1.807) is 6.92 Å². The molecule has 0 spiro atoms. The SMILES string of the molecule is CCN(CC(=O)N(C)C)C(=O)c1cc([N+](=O)[O-])ccc1F. The number of nitrogens with zero attached hydrogens (tertiary/aromatic N) is 3. The van der Waals surface area contributed by atoms with Gasteiger partial charge in [-0.15, -0.1) is 0 Å². The molecule has 114 valence electrons. The summed E-state index contributed by atoms with van der Waals surface area (Å²) < 4.78 is 13.7. The predicted molar refractivity (Wildman–Crippen MR) is 73.3 cm³/mol. The molecule has 0 saturated heterocycles. The summed E-state index contributed by atoms with van der Waals surface area (Å²) >= 11 is 0. The molecule has 0 fully saturated rings. The van der Waals surface area contributed by atoms with Gasteiger partial charge in [-0.2, -0.15) is 0 Å². The molecule has 0 unspecified atom stereocenters. The summed E-state index contributed by atoms with van der Waals surface area (Å²) in [7, 11) is 3.07. The normalized spacial score (nSPS) is 10.1. The lowest BCUT2D eigenvalue weighted by molar-refractivity contribution is -0.384. The molecule has 0 radical (unpaired) electrons. The Morgan fingerprint density at radius 2 is 1.95 bits per heavy atom. The van der Waals surface area contributed by atoms with Gasteiger partial charge in [0.1, 0.15) is 5.82 Å². The van der Waals surface area contributed by atoms with E-state index >= 15 is 0 Å². The molecule has 0 atom stereocenters. The van der Waals surface area contributed by atoms with E-state index < -0.39 is 22.2 Å². The molecular weight excluding hydrogens is 281 g/mol. The average molecular weight is 297 g/mol. The summed E-state index contributed by atoms with van der Waals surface area (Å²) in [6.07, 6.45) is 0. The number of rotatable bonds is 5. The molecule has 21 heavy (non-hydrogen) atoms. The molecule has 1 rings (SSSR count). The monoisotopic (exact) mass is 297 g/mol. The summed E-state index contributed by atoms with van der Waals surface area (Å²) in [6, 6.07) is 2.72. The number of nitro benzene ring substituents is 1. The molecule has 0 bridgehead atoms. The molecule has 2 amide bonds. The fourth-order valence-corrected chi connectivity index (χ4v) is 1.59. The Morgan fingerprint density at radius 3 is 2.43 bits per heavy atom. The molecule has 7 nitrogen and oxygen atoms in total. The first-order chi connectivity index (χ1) is 9.77. The highest BCUT2D eigenvalue weighted by molar-refractivity contribution is 5.97. The molecule has 1 aromatic carbocycles. The number of carbonyl (C=O) groups is 2. The van der Waals surface area contributed by atoms with Crippen molar-refractivity contribution in [1.29, 1.82) is 0 Å². The van der Waals surface area contributed by atoms with E-state index in [-0.39, 0.29) is 24.7 Å². The van der Waals surface area contributed by atoms with Gasteiger partial charge in [-0.3, -0.25) is 19.7 Å². The Labute approximate surface area is 121 Å². The van der Waals surface area contributed by atoms with Gasteiger partial charge in [0.15, 0.2) is 0 Å². The van der Waals surface area contributed by atoms with Crippen LogP contribution in [0.4, 0.5) is 10.1 Å².